The zero-order valence-electron chi connectivity index (χ0n) is 12.7. The van der Waals surface area contributed by atoms with Crippen molar-refractivity contribution in [1.29, 1.82) is 0 Å². The summed E-state index contributed by atoms with van der Waals surface area (Å²) in [6, 6.07) is 4.41. The molecule has 0 radical (unpaired) electrons. The van der Waals surface area contributed by atoms with E-state index in [2.05, 4.69) is 26.1 Å². The first kappa shape index (κ1) is 16.3. The summed E-state index contributed by atoms with van der Waals surface area (Å²) < 4.78 is 0. The van der Waals surface area contributed by atoms with E-state index >= 15 is 0 Å². The molecule has 0 aliphatic carbocycles. The van der Waals surface area contributed by atoms with E-state index in [9.17, 15) is 9.90 Å². The van der Waals surface area contributed by atoms with Gasteiger partial charge in [-0.1, -0.05) is 40.0 Å². The highest BCUT2D eigenvalue weighted by Crippen LogP contribution is 2.23. The molecule has 4 nitrogen and oxygen atoms in total. The molecule has 0 atom stereocenters. The van der Waals surface area contributed by atoms with Gasteiger partial charge in [-0.05, 0) is 30.0 Å². The van der Waals surface area contributed by atoms with Gasteiger partial charge in [0.05, 0.1) is 5.56 Å². The van der Waals surface area contributed by atoms with Gasteiger partial charge in [0.15, 0.2) is 0 Å². The summed E-state index contributed by atoms with van der Waals surface area (Å²) in [4.78, 5) is 12.1. The number of benzene rings is 1. The van der Waals surface area contributed by atoms with Crippen LogP contribution in [0.1, 0.15) is 56.8 Å². The fraction of sp³-hybridized carbons (Fsp3) is 0.562. The first-order valence-corrected chi connectivity index (χ1v) is 7.22. The van der Waals surface area contributed by atoms with E-state index in [0.29, 0.717) is 17.8 Å². The second-order valence-corrected chi connectivity index (χ2v) is 6.08. The molecular formula is C16H26N2O2. The van der Waals surface area contributed by atoms with Crippen LogP contribution in [0.2, 0.25) is 0 Å². The number of hydrogen-bond acceptors (Lipinski definition) is 3. The van der Waals surface area contributed by atoms with Gasteiger partial charge >= 0.3 is 0 Å². The monoisotopic (exact) mass is 278 g/mol. The van der Waals surface area contributed by atoms with Crippen molar-refractivity contribution in [2.45, 2.75) is 46.5 Å². The van der Waals surface area contributed by atoms with Crippen LogP contribution in [0.15, 0.2) is 18.2 Å². The summed E-state index contributed by atoms with van der Waals surface area (Å²) in [6.45, 7) is 7.08. The third kappa shape index (κ3) is 5.11. The molecule has 1 aromatic carbocycles. The van der Waals surface area contributed by atoms with Crippen LogP contribution in [0.4, 0.5) is 5.69 Å². The largest absolute Gasteiger partial charge is 0.508 e. The molecule has 4 N–H and O–H groups in total. The van der Waals surface area contributed by atoms with Crippen molar-refractivity contribution in [3.8, 4) is 5.75 Å². The van der Waals surface area contributed by atoms with Crippen molar-refractivity contribution in [3.05, 3.63) is 23.8 Å². The number of nitrogen functional groups attached to an aromatic ring is 1. The average Bonchev–Trinajstić information content (AvgIpc) is 2.39. The Hall–Kier alpha value is -1.71. The third-order valence-corrected chi connectivity index (χ3v) is 3.47. The van der Waals surface area contributed by atoms with Crippen molar-refractivity contribution in [1.82, 2.24) is 5.32 Å². The Balaban J connectivity index is 2.56. The normalized spacial score (nSPS) is 11.3. The number of amides is 1. The molecule has 0 aliphatic rings. The SMILES string of the molecule is CCCCCC(C)(C)CNC(=O)c1cc(O)ccc1N. The molecule has 0 fully saturated rings. The lowest BCUT2D eigenvalue weighted by Gasteiger charge is -2.25. The minimum atomic E-state index is -0.234. The molecule has 0 aliphatic heterocycles. The number of hydrogen-bond donors (Lipinski definition) is 3. The molecule has 112 valence electrons. The lowest BCUT2D eigenvalue weighted by Crippen LogP contribution is -2.34. The van der Waals surface area contributed by atoms with Crippen LogP contribution < -0.4 is 11.1 Å². The van der Waals surface area contributed by atoms with Crippen LogP contribution in [0.25, 0.3) is 0 Å². The maximum absolute atomic E-state index is 12.1. The van der Waals surface area contributed by atoms with Crippen LogP contribution >= 0.6 is 0 Å². The number of aromatic hydroxyl groups is 1. The molecule has 0 saturated heterocycles. The topological polar surface area (TPSA) is 75.3 Å². The molecule has 1 rings (SSSR count). The fourth-order valence-electron chi connectivity index (χ4n) is 2.10. The van der Waals surface area contributed by atoms with Crippen molar-refractivity contribution in [2.75, 3.05) is 12.3 Å². The number of rotatable bonds is 7. The summed E-state index contributed by atoms with van der Waals surface area (Å²) >= 11 is 0. The van der Waals surface area contributed by atoms with E-state index in [4.69, 9.17) is 5.73 Å². The predicted octanol–water partition coefficient (Wildman–Crippen LogP) is 3.31. The highest BCUT2D eigenvalue weighted by Gasteiger charge is 2.19. The Morgan fingerprint density at radius 1 is 1.35 bits per heavy atom. The molecule has 0 aromatic heterocycles. The molecular weight excluding hydrogens is 252 g/mol. The van der Waals surface area contributed by atoms with Crippen LogP contribution in [0.3, 0.4) is 0 Å². The van der Waals surface area contributed by atoms with E-state index < -0.39 is 0 Å². The molecule has 1 amide bonds. The highest BCUT2D eigenvalue weighted by atomic mass is 16.3. The van der Waals surface area contributed by atoms with Crippen molar-refractivity contribution < 1.29 is 9.90 Å². The molecule has 0 spiro atoms. The zero-order valence-corrected chi connectivity index (χ0v) is 12.7. The second-order valence-electron chi connectivity index (χ2n) is 6.08. The average molecular weight is 278 g/mol. The van der Waals surface area contributed by atoms with E-state index in [1.165, 1.54) is 37.5 Å². The van der Waals surface area contributed by atoms with Gasteiger partial charge in [0.25, 0.3) is 5.91 Å². The summed E-state index contributed by atoms with van der Waals surface area (Å²) in [6.07, 6.45) is 4.67. The zero-order chi connectivity index (χ0) is 15.2. The fourth-order valence-corrected chi connectivity index (χ4v) is 2.10. The first-order valence-electron chi connectivity index (χ1n) is 7.22. The Labute approximate surface area is 121 Å². The van der Waals surface area contributed by atoms with Crippen LogP contribution in [-0.4, -0.2) is 17.6 Å². The van der Waals surface area contributed by atoms with Gasteiger partial charge < -0.3 is 16.2 Å². The Morgan fingerprint density at radius 3 is 2.70 bits per heavy atom. The Kier molecular flexibility index (Phi) is 5.86. The number of carbonyl (C=O) groups is 1. The second kappa shape index (κ2) is 7.17. The molecule has 0 heterocycles. The van der Waals surface area contributed by atoms with Gasteiger partial charge in [0.2, 0.25) is 0 Å². The third-order valence-electron chi connectivity index (χ3n) is 3.47. The number of carbonyl (C=O) groups excluding carboxylic acids is 1. The van der Waals surface area contributed by atoms with Gasteiger partial charge in [-0.15, -0.1) is 0 Å². The molecule has 0 bridgehead atoms. The summed E-state index contributed by atoms with van der Waals surface area (Å²) in [5.41, 5.74) is 6.53. The number of anilines is 1. The number of phenolic OH excluding ortho intramolecular Hbond substituents is 1. The predicted molar refractivity (Wildman–Crippen MR) is 82.8 cm³/mol. The molecule has 1 aromatic rings. The standard InChI is InChI=1S/C16H26N2O2/c1-4-5-6-9-16(2,3)11-18-15(20)13-10-12(19)7-8-14(13)17/h7-8,10,19H,4-6,9,11,17H2,1-3H3,(H,18,20). The number of unbranched alkanes of at least 4 members (excludes halogenated alkanes) is 2. The maximum atomic E-state index is 12.1. The molecule has 20 heavy (non-hydrogen) atoms. The summed E-state index contributed by atoms with van der Waals surface area (Å²) in [5, 5.41) is 12.3. The minimum Gasteiger partial charge on any atom is -0.508 e. The Morgan fingerprint density at radius 2 is 2.05 bits per heavy atom. The van der Waals surface area contributed by atoms with Crippen LogP contribution in [0, 0.1) is 5.41 Å². The molecule has 0 unspecified atom stereocenters. The highest BCUT2D eigenvalue weighted by molar-refractivity contribution is 5.99. The van der Waals surface area contributed by atoms with Crippen molar-refractivity contribution in [2.24, 2.45) is 5.41 Å². The van der Waals surface area contributed by atoms with Gasteiger partial charge in [0.1, 0.15) is 5.75 Å². The lowest BCUT2D eigenvalue weighted by atomic mass is 9.87. The molecule has 4 heteroatoms. The maximum Gasteiger partial charge on any atom is 0.253 e. The summed E-state index contributed by atoms with van der Waals surface area (Å²) in [7, 11) is 0. The number of nitrogens with one attached hydrogen (secondary N) is 1. The first-order chi connectivity index (χ1) is 9.35. The van der Waals surface area contributed by atoms with Crippen LogP contribution in [-0.2, 0) is 0 Å². The Bertz CT molecular complexity index is 456. The van der Waals surface area contributed by atoms with Gasteiger partial charge in [0, 0.05) is 12.2 Å². The lowest BCUT2D eigenvalue weighted by molar-refractivity contribution is 0.0934. The van der Waals surface area contributed by atoms with E-state index in [0.717, 1.165) is 6.42 Å². The van der Waals surface area contributed by atoms with Gasteiger partial charge in [-0.2, -0.15) is 0 Å². The van der Waals surface area contributed by atoms with E-state index in [1.807, 2.05) is 0 Å². The van der Waals surface area contributed by atoms with Crippen molar-refractivity contribution in [3.63, 3.8) is 0 Å². The molecule has 0 saturated carbocycles. The van der Waals surface area contributed by atoms with Gasteiger partial charge in [-0.3, -0.25) is 4.79 Å². The smallest absolute Gasteiger partial charge is 0.253 e. The van der Waals surface area contributed by atoms with Crippen molar-refractivity contribution >= 4 is 11.6 Å². The minimum absolute atomic E-state index is 0.0477. The van der Waals surface area contributed by atoms with Crippen LogP contribution in [0.5, 0.6) is 5.75 Å². The van der Waals surface area contributed by atoms with Gasteiger partial charge in [-0.25, -0.2) is 0 Å². The van der Waals surface area contributed by atoms with E-state index in [-0.39, 0.29) is 17.1 Å². The number of nitrogens with two attached hydrogens (primary N) is 1. The number of phenols is 1. The quantitative estimate of drug-likeness (QED) is 0.407. The summed E-state index contributed by atoms with van der Waals surface area (Å²) in [5.74, 6) is -0.187. The van der Waals surface area contributed by atoms with E-state index in [1.54, 1.807) is 0 Å².